The molecule has 202 valence electrons. The number of hydrogen-bond donors (Lipinski definition) is 1. The van der Waals surface area contributed by atoms with Crippen molar-refractivity contribution in [3.63, 3.8) is 0 Å². The summed E-state index contributed by atoms with van der Waals surface area (Å²) in [7, 11) is 3.66. The molecule has 0 radical (unpaired) electrons. The standard InChI is InChI=1S/C26H28Cl2FN5O4/c1-33-5-7-34(8-6-33)18-4-3-16(22(27)23(18)28)32-26-14-9-19(35-2)20(10-17(14)30-13-31-26)38-21-12-37-24-15(29)11-36-25(21)24/h3-4,9-10,13,15,21,24-25H,5-8,11-12H2,1-2H3,(H,30,31,32)/t15-,21-,24+,25+/m0/s1. The molecule has 0 saturated carbocycles. The Morgan fingerprint density at radius 1 is 1.00 bits per heavy atom. The maximum absolute atomic E-state index is 14.0. The Bertz CT molecular complexity index is 1340. The number of nitrogens with one attached hydrogen (secondary N) is 1. The van der Waals surface area contributed by atoms with Gasteiger partial charge < -0.3 is 34.1 Å². The van der Waals surface area contributed by atoms with Crippen LogP contribution in [0.15, 0.2) is 30.6 Å². The maximum Gasteiger partial charge on any atom is 0.164 e. The van der Waals surface area contributed by atoms with Crippen LogP contribution in [0.25, 0.3) is 10.9 Å². The molecule has 4 heterocycles. The van der Waals surface area contributed by atoms with Crippen molar-refractivity contribution in [2.75, 3.05) is 63.8 Å². The molecular formula is C26H28Cl2FN5O4. The van der Waals surface area contributed by atoms with E-state index in [1.807, 2.05) is 12.1 Å². The Morgan fingerprint density at radius 2 is 1.79 bits per heavy atom. The molecule has 0 aliphatic carbocycles. The number of rotatable bonds is 6. The van der Waals surface area contributed by atoms with Crippen LogP contribution in [0.2, 0.25) is 10.0 Å². The monoisotopic (exact) mass is 563 g/mol. The van der Waals surface area contributed by atoms with E-state index in [4.69, 9.17) is 42.1 Å². The summed E-state index contributed by atoms with van der Waals surface area (Å²) < 4.78 is 36.9. The molecule has 3 saturated heterocycles. The predicted molar refractivity (Wildman–Crippen MR) is 144 cm³/mol. The average Bonchev–Trinajstić information content (AvgIpc) is 3.50. The zero-order valence-electron chi connectivity index (χ0n) is 21.0. The van der Waals surface area contributed by atoms with Crippen LogP contribution < -0.4 is 19.7 Å². The highest BCUT2D eigenvalue weighted by Gasteiger charge is 2.49. The van der Waals surface area contributed by atoms with Gasteiger partial charge in [-0.05, 0) is 25.2 Å². The van der Waals surface area contributed by atoms with Gasteiger partial charge in [-0.1, -0.05) is 23.2 Å². The molecule has 0 spiro atoms. The first-order valence-electron chi connectivity index (χ1n) is 12.5. The Labute approximate surface area is 229 Å². The Hall–Kier alpha value is -2.63. The third kappa shape index (κ3) is 4.69. The van der Waals surface area contributed by atoms with E-state index in [1.165, 1.54) is 6.33 Å². The molecule has 3 fully saturated rings. The van der Waals surface area contributed by atoms with Crippen molar-refractivity contribution in [1.29, 1.82) is 0 Å². The van der Waals surface area contributed by atoms with E-state index >= 15 is 0 Å². The third-order valence-electron chi connectivity index (χ3n) is 7.31. The van der Waals surface area contributed by atoms with Gasteiger partial charge >= 0.3 is 0 Å². The number of alkyl halides is 1. The minimum atomic E-state index is -1.15. The van der Waals surface area contributed by atoms with Crippen molar-refractivity contribution in [2.45, 2.75) is 24.5 Å². The summed E-state index contributed by atoms with van der Waals surface area (Å²) in [6, 6.07) is 7.44. The van der Waals surface area contributed by atoms with E-state index in [2.05, 4.69) is 32.1 Å². The number of benzene rings is 2. The maximum atomic E-state index is 14.0. The lowest BCUT2D eigenvalue weighted by molar-refractivity contribution is 0.0271. The lowest BCUT2D eigenvalue weighted by Crippen LogP contribution is -2.44. The van der Waals surface area contributed by atoms with Gasteiger partial charge in [-0.2, -0.15) is 0 Å². The van der Waals surface area contributed by atoms with Crippen molar-refractivity contribution in [3.05, 3.63) is 40.6 Å². The van der Waals surface area contributed by atoms with Gasteiger partial charge in [-0.25, -0.2) is 14.4 Å². The lowest BCUT2D eigenvalue weighted by Gasteiger charge is -2.34. The second-order valence-corrected chi connectivity index (χ2v) is 10.4. The van der Waals surface area contributed by atoms with Gasteiger partial charge in [0.1, 0.15) is 24.4 Å². The highest BCUT2D eigenvalue weighted by atomic mass is 35.5. The van der Waals surface area contributed by atoms with Gasteiger partial charge in [0.2, 0.25) is 0 Å². The van der Waals surface area contributed by atoms with Crippen LogP contribution in [-0.2, 0) is 9.47 Å². The number of nitrogens with zero attached hydrogens (tertiary/aromatic N) is 4. The third-order valence-corrected chi connectivity index (χ3v) is 8.18. The molecule has 0 bridgehead atoms. The predicted octanol–water partition coefficient (Wildman–Crippen LogP) is 4.32. The molecule has 38 heavy (non-hydrogen) atoms. The number of hydrogen-bond acceptors (Lipinski definition) is 9. The van der Waals surface area contributed by atoms with E-state index in [0.29, 0.717) is 44.0 Å². The fraction of sp³-hybridized carbons (Fsp3) is 0.462. The summed E-state index contributed by atoms with van der Waals surface area (Å²) >= 11 is 13.4. The highest BCUT2D eigenvalue weighted by Crippen LogP contribution is 2.41. The summed E-state index contributed by atoms with van der Waals surface area (Å²) in [4.78, 5) is 13.4. The van der Waals surface area contributed by atoms with Crippen LogP contribution in [0.4, 0.5) is 21.6 Å². The van der Waals surface area contributed by atoms with Crippen LogP contribution in [0.3, 0.4) is 0 Å². The molecule has 0 amide bonds. The first kappa shape index (κ1) is 25.6. The number of likely N-dealkylation sites (N-methyl/N-ethyl adjacent to an activating group) is 1. The molecule has 9 nitrogen and oxygen atoms in total. The Morgan fingerprint density at radius 3 is 2.58 bits per heavy atom. The number of piperazine rings is 1. The van der Waals surface area contributed by atoms with Gasteiger partial charge in [0.15, 0.2) is 23.8 Å². The summed E-state index contributed by atoms with van der Waals surface area (Å²) in [5, 5.41) is 4.91. The molecular weight excluding hydrogens is 536 g/mol. The fourth-order valence-electron chi connectivity index (χ4n) is 5.15. The smallest absolute Gasteiger partial charge is 0.164 e. The molecule has 1 aromatic heterocycles. The number of fused-ring (bicyclic) bond motifs is 2. The van der Waals surface area contributed by atoms with Crippen LogP contribution in [-0.4, -0.2) is 92.9 Å². The van der Waals surface area contributed by atoms with Crippen molar-refractivity contribution in [2.24, 2.45) is 0 Å². The van der Waals surface area contributed by atoms with Crippen molar-refractivity contribution in [3.8, 4) is 11.5 Å². The highest BCUT2D eigenvalue weighted by molar-refractivity contribution is 6.45. The number of ether oxygens (including phenoxy) is 4. The number of anilines is 3. The second-order valence-electron chi connectivity index (χ2n) is 9.69. The van der Waals surface area contributed by atoms with Crippen LogP contribution >= 0.6 is 23.2 Å². The SMILES string of the molecule is COc1cc2c(Nc3ccc(N4CCN(C)CC4)c(Cl)c3Cl)ncnc2cc1O[C@H]1CO[C@H]2[C@@H]1OC[C@@H]2F. The average molecular weight is 564 g/mol. The van der Waals surface area contributed by atoms with Crippen molar-refractivity contribution < 1.29 is 23.3 Å². The molecule has 0 unspecified atom stereocenters. The van der Waals surface area contributed by atoms with E-state index in [1.54, 1.807) is 19.2 Å². The molecule has 3 aliphatic heterocycles. The minimum absolute atomic E-state index is 0.00916. The normalized spacial score (nSPS) is 25.6. The van der Waals surface area contributed by atoms with E-state index in [0.717, 1.165) is 31.9 Å². The Balaban J connectivity index is 1.26. The quantitative estimate of drug-likeness (QED) is 0.471. The zero-order chi connectivity index (χ0) is 26.4. The van der Waals surface area contributed by atoms with Gasteiger partial charge in [0.05, 0.1) is 47.3 Å². The number of methoxy groups -OCH3 is 1. The van der Waals surface area contributed by atoms with Crippen LogP contribution in [0.1, 0.15) is 0 Å². The molecule has 12 heteroatoms. The first-order valence-corrected chi connectivity index (χ1v) is 13.2. The molecule has 4 atom stereocenters. The van der Waals surface area contributed by atoms with Gasteiger partial charge in [-0.15, -0.1) is 0 Å². The van der Waals surface area contributed by atoms with Gasteiger partial charge in [-0.3, -0.25) is 0 Å². The summed E-state index contributed by atoms with van der Waals surface area (Å²) in [5.41, 5.74) is 2.16. The van der Waals surface area contributed by atoms with Crippen LogP contribution in [0.5, 0.6) is 11.5 Å². The Kier molecular flexibility index (Phi) is 7.09. The summed E-state index contributed by atoms with van der Waals surface area (Å²) in [6.45, 7) is 3.94. The summed E-state index contributed by atoms with van der Waals surface area (Å²) in [6.07, 6.45) is -1.22. The zero-order valence-corrected chi connectivity index (χ0v) is 22.5. The second kappa shape index (κ2) is 10.5. The number of halogens is 3. The molecule has 2 aromatic carbocycles. The van der Waals surface area contributed by atoms with Crippen molar-refractivity contribution >= 4 is 51.3 Å². The minimum Gasteiger partial charge on any atom is -0.493 e. The molecule has 6 rings (SSSR count). The topological polar surface area (TPSA) is 81.2 Å². The van der Waals surface area contributed by atoms with E-state index in [9.17, 15) is 4.39 Å². The fourth-order valence-corrected chi connectivity index (χ4v) is 5.64. The van der Waals surface area contributed by atoms with E-state index < -0.39 is 24.5 Å². The molecule has 3 aliphatic rings. The van der Waals surface area contributed by atoms with Gasteiger partial charge in [0.25, 0.3) is 0 Å². The lowest BCUT2D eigenvalue weighted by atomic mass is 10.1. The van der Waals surface area contributed by atoms with Crippen molar-refractivity contribution in [1.82, 2.24) is 14.9 Å². The number of aromatic nitrogens is 2. The first-order chi connectivity index (χ1) is 18.4. The van der Waals surface area contributed by atoms with Crippen LogP contribution in [0, 0.1) is 0 Å². The van der Waals surface area contributed by atoms with E-state index in [-0.39, 0.29) is 13.2 Å². The molecule has 3 aromatic rings. The summed E-state index contributed by atoms with van der Waals surface area (Å²) in [5.74, 6) is 1.47. The largest absolute Gasteiger partial charge is 0.493 e. The molecule has 1 N–H and O–H groups in total. The van der Waals surface area contributed by atoms with Gasteiger partial charge in [0, 0.05) is 37.6 Å².